The molecule has 0 aliphatic heterocycles. The lowest BCUT2D eigenvalue weighted by atomic mass is 10.3. The molecule has 0 spiro atoms. The molecule has 0 atom stereocenters. The third-order valence-electron chi connectivity index (χ3n) is 2.87. The Morgan fingerprint density at radius 1 is 1.10 bits per heavy atom. The molecule has 2 rings (SSSR count). The second kappa shape index (κ2) is 5.99. The molecule has 0 aliphatic carbocycles. The molecule has 3 nitrogen and oxygen atoms in total. The average molecular weight is 332 g/mol. The van der Waals surface area contributed by atoms with Gasteiger partial charge in [-0.15, -0.1) is 0 Å². The summed E-state index contributed by atoms with van der Waals surface area (Å²) in [7, 11) is -3.94. The molecule has 7 heteroatoms. The first-order valence-electron chi connectivity index (χ1n) is 6.09. The van der Waals surface area contributed by atoms with Gasteiger partial charge in [-0.1, -0.05) is 11.6 Å². The van der Waals surface area contributed by atoms with Gasteiger partial charge in [0.2, 0.25) is 0 Å². The number of sulfonamides is 1. The van der Waals surface area contributed by atoms with E-state index in [-0.39, 0.29) is 17.1 Å². The van der Waals surface area contributed by atoms with Gasteiger partial charge in [0, 0.05) is 17.6 Å². The van der Waals surface area contributed by atoms with E-state index < -0.39 is 21.7 Å². The SMILES string of the molecule is CCN(c1ccc(F)cc1F)S(=O)(=O)c1ccc(Cl)cc1. The number of anilines is 1. The minimum Gasteiger partial charge on any atom is -0.264 e. The van der Waals surface area contributed by atoms with Crippen molar-refractivity contribution in [3.8, 4) is 0 Å². The van der Waals surface area contributed by atoms with E-state index in [0.29, 0.717) is 11.1 Å². The van der Waals surface area contributed by atoms with E-state index in [1.54, 1.807) is 6.92 Å². The lowest BCUT2D eigenvalue weighted by Crippen LogP contribution is -2.31. The minimum atomic E-state index is -3.94. The van der Waals surface area contributed by atoms with Crippen LogP contribution in [0.15, 0.2) is 47.4 Å². The van der Waals surface area contributed by atoms with Crippen molar-refractivity contribution in [3.63, 3.8) is 0 Å². The topological polar surface area (TPSA) is 37.4 Å². The van der Waals surface area contributed by atoms with Gasteiger partial charge in [-0.25, -0.2) is 17.2 Å². The molecule has 0 aliphatic rings. The smallest absolute Gasteiger partial charge is 0.264 e. The van der Waals surface area contributed by atoms with E-state index in [1.807, 2.05) is 0 Å². The molecule has 112 valence electrons. The normalized spacial score (nSPS) is 11.4. The van der Waals surface area contributed by atoms with Gasteiger partial charge in [0.25, 0.3) is 10.0 Å². The van der Waals surface area contributed by atoms with Crippen molar-refractivity contribution in [1.29, 1.82) is 0 Å². The second-order valence-electron chi connectivity index (χ2n) is 4.22. The zero-order chi connectivity index (χ0) is 15.6. The van der Waals surface area contributed by atoms with Gasteiger partial charge >= 0.3 is 0 Å². The van der Waals surface area contributed by atoms with E-state index >= 15 is 0 Å². The van der Waals surface area contributed by atoms with Crippen LogP contribution in [-0.4, -0.2) is 15.0 Å². The Kier molecular flexibility index (Phi) is 4.49. The average Bonchev–Trinajstić information content (AvgIpc) is 2.42. The summed E-state index contributed by atoms with van der Waals surface area (Å²) in [4.78, 5) is -0.0162. The zero-order valence-corrected chi connectivity index (χ0v) is 12.6. The van der Waals surface area contributed by atoms with Crippen LogP contribution in [0.1, 0.15) is 6.92 Å². The Morgan fingerprint density at radius 2 is 1.71 bits per heavy atom. The molecule has 0 unspecified atom stereocenters. The molecule has 0 N–H and O–H groups in total. The van der Waals surface area contributed by atoms with Gasteiger partial charge in [-0.2, -0.15) is 0 Å². The fourth-order valence-electron chi connectivity index (χ4n) is 1.89. The van der Waals surface area contributed by atoms with Crippen molar-refractivity contribution in [1.82, 2.24) is 0 Å². The van der Waals surface area contributed by atoms with Gasteiger partial charge in [-0.05, 0) is 43.3 Å². The van der Waals surface area contributed by atoms with Crippen LogP contribution in [0.4, 0.5) is 14.5 Å². The van der Waals surface area contributed by atoms with Crippen molar-refractivity contribution in [2.24, 2.45) is 0 Å². The van der Waals surface area contributed by atoms with Crippen LogP contribution in [-0.2, 0) is 10.0 Å². The van der Waals surface area contributed by atoms with Crippen LogP contribution in [0.25, 0.3) is 0 Å². The largest absolute Gasteiger partial charge is 0.264 e. The predicted molar refractivity (Wildman–Crippen MR) is 78.0 cm³/mol. The number of halogens is 3. The highest BCUT2D eigenvalue weighted by molar-refractivity contribution is 7.92. The van der Waals surface area contributed by atoms with Crippen molar-refractivity contribution in [2.45, 2.75) is 11.8 Å². The Morgan fingerprint density at radius 3 is 2.24 bits per heavy atom. The fourth-order valence-corrected chi connectivity index (χ4v) is 3.49. The molecule has 0 saturated heterocycles. The maximum Gasteiger partial charge on any atom is 0.264 e. The molecule has 0 heterocycles. The summed E-state index contributed by atoms with van der Waals surface area (Å²) in [6.45, 7) is 1.57. The monoisotopic (exact) mass is 331 g/mol. The summed E-state index contributed by atoms with van der Waals surface area (Å²) in [6.07, 6.45) is 0. The second-order valence-corrected chi connectivity index (χ2v) is 6.52. The summed E-state index contributed by atoms with van der Waals surface area (Å²) in [6, 6.07) is 8.30. The van der Waals surface area contributed by atoms with Crippen molar-refractivity contribution < 1.29 is 17.2 Å². The van der Waals surface area contributed by atoms with Gasteiger partial charge in [0.1, 0.15) is 11.6 Å². The van der Waals surface area contributed by atoms with Gasteiger partial charge < -0.3 is 0 Å². The van der Waals surface area contributed by atoms with Crippen LogP contribution in [0.5, 0.6) is 0 Å². The fraction of sp³-hybridized carbons (Fsp3) is 0.143. The Bertz CT molecular complexity index is 748. The van der Waals surface area contributed by atoms with E-state index in [9.17, 15) is 17.2 Å². The number of hydrogen-bond acceptors (Lipinski definition) is 2. The first-order valence-corrected chi connectivity index (χ1v) is 7.91. The molecular weight excluding hydrogens is 320 g/mol. The maximum absolute atomic E-state index is 13.8. The Hall–Kier alpha value is -1.66. The van der Waals surface area contributed by atoms with Gasteiger partial charge in [0.05, 0.1) is 10.6 Å². The molecule has 0 fully saturated rings. The lowest BCUT2D eigenvalue weighted by Gasteiger charge is -2.23. The van der Waals surface area contributed by atoms with Gasteiger partial charge in [0.15, 0.2) is 0 Å². The van der Waals surface area contributed by atoms with Crippen LogP contribution in [0.3, 0.4) is 0 Å². The highest BCUT2D eigenvalue weighted by Crippen LogP contribution is 2.27. The first kappa shape index (κ1) is 15.7. The quantitative estimate of drug-likeness (QED) is 0.853. The van der Waals surface area contributed by atoms with Crippen LogP contribution in [0.2, 0.25) is 5.02 Å². The van der Waals surface area contributed by atoms with E-state index in [4.69, 9.17) is 11.6 Å². The van der Waals surface area contributed by atoms with Crippen LogP contribution < -0.4 is 4.31 Å². The van der Waals surface area contributed by atoms with Crippen molar-refractivity contribution >= 4 is 27.3 Å². The van der Waals surface area contributed by atoms with E-state index in [1.165, 1.54) is 24.3 Å². The Labute approximate surface area is 126 Å². The standard InChI is InChI=1S/C14H12ClF2NO2S/c1-2-18(14-8-5-11(16)9-13(14)17)21(19,20)12-6-3-10(15)4-7-12/h3-9H,2H2,1H3. The minimum absolute atomic E-state index is 0.00745. The molecule has 0 radical (unpaired) electrons. The number of rotatable bonds is 4. The van der Waals surface area contributed by atoms with Gasteiger partial charge in [-0.3, -0.25) is 4.31 Å². The zero-order valence-electron chi connectivity index (χ0n) is 11.1. The molecular formula is C14H12ClF2NO2S. The maximum atomic E-state index is 13.8. The molecule has 2 aromatic carbocycles. The highest BCUT2D eigenvalue weighted by atomic mass is 35.5. The summed E-state index contributed by atoms with van der Waals surface area (Å²) in [5, 5.41) is 0.393. The van der Waals surface area contributed by atoms with E-state index in [0.717, 1.165) is 16.4 Å². The van der Waals surface area contributed by atoms with Crippen molar-refractivity contribution in [3.05, 3.63) is 59.1 Å². The summed E-state index contributed by atoms with van der Waals surface area (Å²) in [5.41, 5.74) is -0.200. The van der Waals surface area contributed by atoms with Crippen LogP contribution in [0, 0.1) is 11.6 Å². The number of benzene rings is 2. The van der Waals surface area contributed by atoms with Crippen LogP contribution >= 0.6 is 11.6 Å². The Balaban J connectivity index is 2.51. The summed E-state index contributed by atoms with van der Waals surface area (Å²) < 4.78 is 52.7. The van der Waals surface area contributed by atoms with Crippen molar-refractivity contribution in [2.75, 3.05) is 10.8 Å². The molecule has 2 aromatic rings. The highest BCUT2D eigenvalue weighted by Gasteiger charge is 2.25. The molecule has 21 heavy (non-hydrogen) atoms. The molecule has 0 amide bonds. The number of hydrogen-bond donors (Lipinski definition) is 0. The lowest BCUT2D eigenvalue weighted by molar-refractivity contribution is 0.574. The third kappa shape index (κ3) is 3.16. The predicted octanol–water partition coefficient (Wildman–Crippen LogP) is 3.83. The summed E-state index contributed by atoms with van der Waals surface area (Å²) in [5.74, 6) is -1.70. The third-order valence-corrected chi connectivity index (χ3v) is 5.02. The summed E-state index contributed by atoms with van der Waals surface area (Å²) >= 11 is 5.72. The number of nitrogens with zero attached hydrogens (tertiary/aromatic N) is 1. The molecule has 0 aromatic heterocycles. The molecule has 0 bridgehead atoms. The molecule has 0 saturated carbocycles. The van der Waals surface area contributed by atoms with E-state index in [2.05, 4.69) is 0 Å². The first-order chi connectivity index (χ1) is 9.86.